The van der Waals surface area contributed by atoms with Crippen molar-refractivity contribution in [1.82, 2.24) is 4.90 Å². The molecule has 0 radical (unpaired) electrons. The van der Waals surface area contributed by atoms with E-state index in [0.29, 0.717) is 6.54 Å². The number of rotatable bonds is 3. The molecule has 1 aliphatic heterocycles. The maximum absolute atomic E-state index is 10.6. The summed E-state index contributed by atoms with van der Waals surface area (Å²) in [5.74, 6) is 0.0868. The van der Waals surface area contributed by atoms with Crippen molar-refractivity contribution in [3.05, 3.63) is 24.2 Å². The van der Waals surface area contributed by atoms with Crippen molar-refractivity contribution < 1.29 is 14.3 Å². The summed E-state index contributed by atoms with van der Waals surface area (Å²) in [6.45, 7) is 1.45. The number of furan rings is 1. The molecule has 0 bridgehead atoms. The van der Waals surface area contributed by atoms with Crippen LogP contribution in [0.5, 0.6) is 0 Å². The summed E-state index contributed by atoms with van der Waals surface area (Å²) in [6.07, 6.45) is 2.35. The summed E-state index contributed by atoms with van der Waals surface area (Å²) in [5, 5.41) is 8.76. The molecule has 70 valence electrons. The van der Waals surface area contributed by atoms with Crippen LogP contribution in [0.1, 0.15) is 12.2 Å². The highest BCUT2D eigenvalue weighted by molar-refractivity contribution is 5.74. The first-order valence-corrected chi connectivity index (χ1v) is 4.26. The fourth-order valence-corrected chi connectivity index (χ4v) is 1.51. The van der Waals surface area contributed by atoms with E-state index >= 15 is 0 Å². The minimum absolute atomic E-state index is 0.315. The van der Waals surface area contributed by atoms with E-state index in [4.69, 9.17) is 9.52 Å². The molecule has 0 aliphatic carbocycles. The summed E-state index contributed by atoms with van der Waals surface area (Å²) in [5.41, 5.74) is 0. The van der Waals surface area contributed by atoms with Crippen LogP contribution in [-0.2, 0) is 11.3 Å². The number of carboxylic acid groups (broad SMARTS) is 1. The fourth-order valence-electron chi connectivity index (χ4n) is 1.51. The maximum atomic E-state index is 10.6. The third kappa shape index (κ3) is 1.58. The predicted octanol–water partition coefficient (Wildman–Crippen LogP) is 0.939. The van der Waals surface area contributed by atoms with Gasteiger partial charge in [-0.3, -0.25) is 9.69 Å². The Hall–Kier alpha value is -1.29. The third-order valence-corrected chi connectivity index (χ3v) is 2.35. The van der Waals surface area contributed by atoms with Gasteiger partial charge in [-0.25, -0.2) is 0 Å². The van der Waals surface area contributed by atoms with Crippen molar-refractivity contribution in [2.45, 2.75) is 19.0 Å². The van der Waals surface area contributed by atoms with Crippen molar-refractivity contribution in [1.29, 1.82) is 0 Å². The van der Waals surface area contributed by atoms with Gasteiger partial charge in [-0.2, -0.15) is 0 Å². The number of carboxylic acids is 1. The number of hydrogen-bond donors (Lipinski definition) is 1. The minimum Gasteiger partial charge on any atom is -0.480 e. The number of carbonyl (C=O) groups is 1. The van der Waals surface area contributed by atoms with Crippen LogP contribution >= 0.6 is 0 Å². The first kappa shape index (κ1) is 8.31. The lowest BCUT2D eigenvalue weighted by atomic mass is 10.0. The predicted molar refractivity (Wildman–Crippen MR) is 45.2 cm³/mol. The van der Waals surface area contributed by atoms with Gasteiger partial charge in [-0.15, -0.1) is 0 Å². The molecule has 1 saturated heterocycles. The Labute approximate surface area is 75.8 Å². The molecule has 2 rings (SSSR count). The molecule has 4 nitrogen and oxygen atoms in total. The third-order valence-electron chi connectivity index (χ3n) is 2.35. The quantitative estimate of drug-likeness (QED) is 0.753. The van der Waals surface area contributed by atoms with Gasteiger partial charge in [0.2, 0.25) is 0 Å². The van der Waals surface area contributed by atoms with Crippen molar-refractivity contribution in [3.63, 3.8) is 0 Å². The van der Waals surface area contributed by atoms with E-state index in [2.05, 4.69) is 0 Å². The molecule has 1 unspecified atom stereocenters. The standard InChI is InChI=1S/C9H11NO3/c11-9(12)8-3-4-10(8)6-7-2-1-5-13-7/h1-2,5,8H,3-4,6H2,(H,11,12). The number of hydrogen-bond acceptors (Lipinski definition) is 3. The molecule has 0 spiro atoms. The molecule has 1 aliphatic rings. The Morgan fingerprint density at radius 3 is 3.08 bits per heavy atom. The molecule has 2 heterocycles. The zero-order chi connectivity index (χ0) is 9.26. The summed E-state index contributed by atoms with van der Waals surface area (Å²) in [6, 6.07) is 3.35. The molecule has 4 heteroatoms. The van der Waals surface area contributed by atoms with E-state index in [9.17, 15) is 4.79 Å². The summed E-state index contributed by atoms with van der Waals surface area (Å²) < 4.78 is 5.13. The first-order chi connectivity index (χ1) is 6.27. The molecular formula is C9H11NO3. The van der Waals surface area contributed by atoms with Gasteiger partial charge < -0.3 is 9.52 Å². The van der Waals surface area contributed by atoms with Gasteiger partial charge >= 0.3 is 5.97 Å². The highest BCUT2D eigenvalue weighted by atomic mass is 16.4. The number of nitrogens with zero attached hydrogens (tertiary/aromatic N) is 1. The van der Waals surface area contributed by atoms with Gasteiger partial charge in [0.15, 0.2) is 0 Å². The fraction of sp³-hybridized carbons (Fsp3) is 0.444. The minimum atomic E-state index is -0.738. The number of likely N-dealkylation sites (tertiary alicyclic amines) is 1. The molecule has 1 N–H and O–H groups in total. The van der Waals surface area contributed by atoms with Crippen molar-refractivity contribution in [3.8, 4) is 0 Å². The zero-order valence-corrected chi connectivity index (χ0v) is 7.14. The largest absolute Gasteiger partial charge is 0.480 e. The van der Waals surface area contributed by atoms with Gasteiger partial charge in [0.1, 0.15) is 11.8 Å². The average molecular weight is 181 g/mol. The van der Waals surface area contributed by atoms with Crippen molar-refractivity contribution in [2.24, 2.45) is 0 Å². The van der Waals surface area contributed by atoms with Crippen molar-refractivity contribution in [2.75, 3.05) is 6.54 Å². The molecule has 1 atom stereocenters. The monoisotopic (exact) mass is 181 g/mol. The smallest absolute Gasteiger partial charge is 0.320 e. The van der Waals surface area contributed by atoms with E-state index < -0.39 is 5.97 Å². The molecule has 1 aromatic rings. The Morgan fingerprint density at radius 2 is 2.62 bits per heavy atom. The van der Waals surface area contributed by atoms with Gasteiger partial charge in [-0.05, 0) is 18.6 Å². The summed E-state index contributed by atoms with van der Waals surface area (Å²) >= 11 is 0. The molecule has 0 aromatic carbocycles. The van der Waals surface area contributed by atoms with Gasteiger partial charge in [0, 0.05) is 6.54 Å². The van der Waals surface area contributed by atoms with E-state index in [0.717, 1.165) is 18.7 Å². The molecule has 1 aromatic heterocycles. The highest BCUT2D eigenvalue weighted by Gasteiger charge is 2.34. The average Bonchev–Trinajstić information content (AvgIpc) is 2.48. The van der Waals surface area contributed by atoms with E-state index in [1.165, 1.54) is 0 Å². The number of aliphatic carboxylic acids is 1. The van der Waals surface area contributed by atoms with Crippen LogP contribution in [0.3, 0.4) is 0 Å². The van der Waals surface area contributed by atoms with Crippen LogP contribution in [-0.4, -0.2) is 28.6 Å². The van der Waals surface area contributed by atoms with Crippen LogP contribution in [0.15, 0.2) is 22.8 Å². The van der Waals surface area contributed by atoms with Crippen molar-refractivity contribution >= 4 is 5.97 Å². The van der Waals surface area contributed by atoms with Crippen LogP contribution in [0.2, 0.25) is 0 Å². The van der Waals surface area contributed by atoms with E-state index in [-0.39, 0.29) is 6.04 Å². The maximum Gasteiger partial charge on any atom is 0.320 e. The lowest BCUT2D eigenvalue weighted by Crippen LogP contribution is -2.51. The first-order valence-electron chi connectivity index (χ1n) is 4.26. The van der Waals surface area contributed by atoms with Gasteiger partial charge in [0.25, 0.3) is 0 Å². The Kier molecular flexibility index (Phi) is 2.06. The SMILES string of the molecule is O=C(O)C1CCN1Cc1ccco1. The topological polar surface area (TPSA) is 53.7 Å². The second-order valence-electron chi connectivity index (χ2n) is 3.19. The second-order valence-corrected chi connectivity index (χ2v) is 3.19. The normalized spacial score (nSPS) is 22.6. The molecule has 13 heavy (non-hydrogen) atoms. The van der Waals surface area contributed by atoms with Crippen LogP contribution in [0.25, 0.3) is 0 Å². The molecular weight excluding hydrogens is 170 g/mol. The van der Waals surface area contributed by atoms with Gasteiger partial charge in [0.05, 0.1) is 12.8 Å². The molecule has 1 fully saturated rings. The molecule has 0 amide bonds. The zero-order valence-electron chi connectivity index (χ0n) is 7.14. The lowest BCUT2D eigenvalue weighted by Gasteiger charge is -2.37. The Balaban J connectivity index is 1.93. The highest BCUT2D eigenvalue weighted by Crippen LogP contribution is 2.20. The van der Waals surface area contributed by atoms with E-state index in [1.807, 2.05) is 17.0 Å². The van der Waals surface area contributed by atoms with E-state index in [1.54, 1.807) is 6.26 Å². The van der Waals surface area contributed by atoms with Crippen LogP contribution in [0.4, 0.5) is 0 Å². The van der Waals surface area contributed by atoms with Crippen LogP contribution < -0.4 is 0 Å². The van der Waals surface area contributed by atoms with Gasteiger partial charge in [-0.1, -0.05) is 0 Å². The molecule has 0 saturated carbocycles. The Morgan fingerprint density at radius 1 is 1.77 bits per heavy atom. The summed E-state index contributed by atoms with van der Waals surface area (Å²) in [4.78, 5) is 12.5. The Bertz CT molecular complexity index is 294. The van der Waals surface area contributed by atoms with Crippen LogP contribution in [0, 0.1) is 0 Å². The second kappa shape index (κ2) is 3.22. The lowest BCUT2D eigenvalue weighted by molar-refractivity contribution is -0.148. The summed E-state index contributed by atoms with van der Waals surface area (Å²) in [7, 11) is 0.